The lowest BCUT2D eigenvalue weighted by molar-refractivity contribution is -0.130. The Hall–Kier alpha value is -3.28. The average molecular weight is 593 g/mol. The molecule has 0 atom stereocenters. The monoisotopic (exact) mass is 592 g/mol. The molecule has 6 rings (SSSR count). The number of carbonyl (C=O) groups is 2. The van der Waals surface area contributed by atoms with Gasteiger partial charge in [0, 0.05) is 43.5 Å². The second-order valence-electron chi connectivity index (χ2n) is 12.7. The summed E-state index contributed by atoms with van der Waals surface area (Å²) in [7, 11) is 0. The molecule has 3 aliphatic heterocycles. The molecule has 5 heterocycles. The molecule has 1 aromatic carbocycles. The van der Waals surface area contributed by atoms with E-state index in [9.17, 15) is 9.59 Å². The summed E-state index contributed by atoms with van der Waals surface area (Å²) in [5.74, 6) is 1.56. The van der Waals surface area contributed by atoms with Crippen LogP contribution in [-0.2, 0) is 29.1 Å². The molecular weight excluding hydrogens is 552 g/mol. The Morgan fingerprint density at radius 1 is 1.12 bits per heavy atom. The van der Waals surface area contributed by atoms with Gasteiger partial charge in [0.15, 0.2) is 0 Å². The number of ether oxygens (including phenoxy) is 2. The molecule has 0 radical (unpaired) electrons. The summed E-state index contributed by atoms with van der Waals surface area (Å²) in [4.78, 5) is 39.6. The number of amides is 3. The second-order valence-corrected chi connectivity index (χ2v) is 13.8. The zero-order valence-electron chi connectivity index (χ0n) is 24.9. The molecule has 0 aliphatic carbocycles. The fraction of sp³-hybridized carbons (Fsp3) is 0.548. The number of aromatic nitrogens is 2. The first-order chi connectivity index (χ1) is 20.1. The number of nitrogens with zero attached hydrogens (tertiary/aromatic N) is 4. The molecule has 2 N–H and O–H groups in total. The van der Waals surface area contributed by atoms with Gasteiger partial charge in [-0.1, -0.05) is 12.1 Å². The molecule has 3 aliphatic rings. The van der Waals surface area contributed by atoms with Crippen LogP contribution in [0.4, 0.5) is 10.6 Å². The molecular formula is C31H40N6O4S. The summed E-state index contributed by atoms with van der Waals surface area (Å²) in [5, 5.41) is 7.64. The Labute approximate surface area is 250 Å². The maximum atomic E-state index is 12.3. The number of thiophene rings is 1. The molecule has 10 nitrogen and oxygen atoms in total. The van der Waals surface area contributed by atoms with Gasteiger partial charge >= 0.3 is 6.03 Å². The van der Waals surface area contributed by atoms with Gasteiger partial charge in [0.05, 0.1) is 24.2 Å². The second kappa shape index (κ2) is 11.4. The first-order valence-electron chi connectivity index (χ1n) is 14.8. The largest absolute Gasteiger partial charge is 0.494 e. The number of imide groups is 1. The van der Waals surface area contributed by atoms with Crippen LogP contribution in [0, 0.1) is 0 Å². The summed E-state index contributed by atoms with van der Waals surface area (Å²) >= 11 is 1.73. The highest BCUT2D eigenvalue weighted by molar-refractivity contribution is 7.18. The Morgan fingerprint density at radius 3 is 2.60 bits per heavy atom. The minimum Gasteiger partial charge on any atom is -0.494 e. The lowest BCUT2D eigenvalue weighted by Gasteiger charge is -2.33. The Balaban J connectivity index is 0.962. The number of rotatable bonds is 9. The summed E-state index contributed by atoms with van der Waals surface area (Å²) in [5.41, 5.74) is 1.59. The number of piperidine rings is 1. The van der Waals surface area contributed by atoms with E-state index in [1.165, 1.54) is 26.3 Å². The van der Waals surface area contributed by atoms with Crippen molar-refractivity contribution in [2.24, 2.45) is 0 Å². The van der Waals surface area contributed by atoms with Crippen LogP contribution in [-0.4, -0.2) is 75.1 Å². The van der Waals surface area contributed by atoms with Gasteiger partial charge in [0.25, 0.3) is 5.91 Å². The Kier molecular flexibility index (Phi) is 7.84. The van der Waals surface area contributed by atoms with Gasteiger partial charge in [-0.05, 0) is 70.2 Å². The van der Waals surface area contributed by atoms with E-state index >= 15 is 0 Å². The number of fused-ring (bicyclic) bond motifs is 3. The van der Waals surface area contributed by atoms with E-state index in [4.69, 9.17) is 9.47 Å². The van der Waals surface area contributed by atoms with Gasteiger partial charge in [-0.3, -0.25) is 14.6 Å². The van der Waals surface area contributed by atoms with Crippen molar-refractivity contribution in [1.82, 2.24) is 25.1 Å². The summed E-state index contributed by atoms with van der Waals surface area (Å²) in [6.45, 7) is 12.1. The number of anilines is 1. The molecule has 3 aromatic rings. The van der Waals surface area contributed by atoms with E-state index in [-0.39, 0.29) is 17.5 Å². The zero-order valence-corrected chi connectivity index (χ0v) is 25.7. The molecule has 42 heavy (non-hydrogen) atoms. The van der Waals surface area contributed by atoms with Crippen LogP contribution in [0.1, 0.15) is 63.0 Å². The number of hydrogen-bond acceptors (Lipinski definition) is 9. The lowest BCUT2D eigenvalue weighted by Crippen LogP contribution is -2.40. The molecule has 2 fully saturated rings. The van der Waals surface area contributed by atoms with Crippen LogP contribution in [0.2, 0.25) is 0 Å². The predicted molar refractivity (Wildman–Crippen MR) is 163 cm³/mol. The summed E-state index contributed by atoms with van der Waals surface area (Å²) in [6.07, 6.45) is 5.25. The molecule has 3 amide bonds. The minimum atomic E-state index is -0.833. The van der Waals surface area contributed by atoms with Gasteiger partial charge in [-0.15, -0.1) is 11.3 Å². The van der Waals surface area contributed by atoms with Crippen molar-refractivity contribution in [1.29, 1.82) is 0 Å². The van der Waals surface area contributed by atoms with Gasteiger partial charge in [0.1, 0.15) is 28.3 Å². The van der Waals surface area contributed by atoms with Gasteiger partial charge in [-0.2, -0.15) is 0 Å². The third kappa shape index (κ3) is 6.09. The van der Waals surface area contributed by atoms with Gasteiger partial charge in [0.2, 0.25) is 0 Å². The quantitative estimate of drug-likeness (QED) is 0.272. The molecule has 0 spiro atoms. The third-order valence-electron chi connectivity index (χ3n) is 8.36. The molecule has 2 aromatic heterocycles. The van der Waals surface area contributed by atoms with Crippen molar-refractivity contribution in [2.75, 3.05) is 31.6 Å². The number of likely N-dealkylation sites (tertiary alicyclic amines) is 1. The zero-order chi connectivity index (χ0) is 29.5. The highest BCUT2D eigenvalue weighted by Gasteiger charge is 2.43. The number of urea groups is 1. The number of nitrogens with one attached hydrogen (secondary N) is 2. The SMILES string of the molecule is CC1(C)Cc2c(sc3ncnc(NC4CCN(Cc5ccc(OCCCN6C(=O)NC(C)(C)C6=O)cc5)CC4)c23)CO1. The van der Waals surface area contributed by atoms with E-state index < -0.39 is 5.54 Å². The molecule has 224 valence electrons. The molecule has 0 unspecified atom stereocenters. The molecule has 2 saturated heterocycles. The molecule has 11 heteroatoms. The standard InChI is InChI=1S/C31H40N6O4S/c1-30(2)16-23-24(18-41-30)42-27-25(23)26(32-19-33-27)34-21-10-13-36(14-11-21)17-20-6-8-22(9-7-20)40-15-5-12-37-28(38)31(3,4)35-29(37)39/h6-9,19,21H,5,10-18H2,1-4H3,(H,35,39)(H,32,33,34). The first kappa shape index (κ1) is 28.8. The third-order valence-corrected chi connectivity index (χ3v) is 9.48. The normalized spacial score (nSPS) is 20.5. The van der Waals surface area contributed by atoms with Crippen LogP contribution in [0.15, 0.2) is 30.6 Å². The van der Waals surface area contributed by atoms with Crippen LogP contribution in [0.5, 0.6) is 5.75 Å². The Bertz CT molecular complexity index is 1460. The fourth-order valence-corrected chi connectivity index (χ4v) is 7.07. The topological polar surface area (TPSA) is 109 Å². The maximum Gasteiger partial charge on any atom is 0.325 e. The summed E-state index contributed by atoms with van der Waals surface area (Å²) in [6, 6.07) is 8.26. The van der Waals surface area contributed by atoms with Crippen molar-refractivity contribution in [3.8, 4) is 5.75 Å². The van der Waals surface area contributed by atoms with Crippen molar-refractivity contribution < 1.29 is 19.1 Å². The number of benzene rings is 1. The molecule has 0 saturated carbocycles. The van der Waals surface area contributed by atoms with E-state index in [1.54, 1.807) is 31.5 Å². The minimum absolute atomic E-state index is 0.171. The van der Waals surface area contributed by atoms with Crippen LogP contribution >= 0.6 is 11.3 Å². The predicted octanol–water partition coefficient (Wildman–Crippen LogP) is 4.72. The van der Waals surface area contributed by atoms with E-state index in [0.29, 0.717) is 32.2 Å². The highest BCUT2D eigenvalue weighted by atomic mass is 32.1. The lowest BCUT2D eigenvalue weighted by atomic mass is 9.94. The fourth-order valence-electron chi connectivity index (χ4n) is 6.00. The van der Waals surface area contributed by atoms with Crippen molar-refractivity contribution in [3.63, 3.8) is 0 Å². The van der Waals surface area contributed by atoms with E-state index in [0.717, 1.165) is 55.3 Å². The van der Waals surface area contributed by atoms with Crippen LogP contribution < -0.4 is 15.4 Å². The van der Waals surface area contributed by atoms with Crippen molar-refractivity contribution >= 4 is 39.3 Å². The van der Waals surface area contributed by atoms with Crippen LogP contribution in [0.25, 0.3) is 10.2 Å². The highest BCUT2D eigenvalue weighted by Crippen LogP contribution is 2.40. The average Bonchev–Trinajstić information content (AvgIpc) is 3.41. The van der Waals surface area contributed by atoms with Crippen LogP contribution in [0.3, 0.4) is 0 Å². The van der Waals surface area contributed by atoms with Crippen molar-refractivity contribution in [2.45, 2.75) is 83.7 Å². The first-order valence-corrected chi connectivity index (χ1v) is 15.6. The van der Waals surface area contributed by atoms with Gasteiger partial charge < -0.3 is 20.1 Å². The van der Waals surface area contributed by atoms with Crippen molar-refractivity contribution in [3.05, 3.63) is 46.6 Å². The number of carbonyl (C=O) groups excluding carboxylic acids is 2. The van der Waals surface area contributed by atoms with Gasteiger partial charge in [-0.25, -0.2) is 14.8 Å². The van der Waals surface area contributed by atoms with E-state index in [1.807, 2.05) is 12.1 Å². The smallest absolute Gasteiger partial charge is 0.325 e. The Morgan fingerprint density at radius 2 is 1.88 bits per heavy atom. The van der Waals surface area contributed by atoms with E-state index in [2.05, 4.69) is 51.5 Å². The molecule has 0 bridgehead atoms. The summed E-state index contributed by atoms with van der Waals surface area (Å²) < 4.78 is 11.9. The maximum absolute atomic E-state index is 12.3. The number of hydrogen-bond donors (Lipinski definition) is 2.